The van der Waals surface area contributed by atoms with Crippen LogP contribution in [0.1, 0.15) is 29.3 Å². The van der Waals surface area contributed by atoms with Gasteiger partial charge in [0.1, 0.15) is 11.6 Å². The summed E-state index contributed by atoms with van der Waals surface area (Å²) in [5.41, 5.74) is 4.90. The average molecular weight is 406 g/mol. The van der Waals surface area contributed by atoms with Crippen molar-refractivity contribution in [2.45, 2.75) is 26.0 Å². The van der Waals surface area contributed by atoms with E-state index in [4.69, 9.17) is 0 Å². The van der Waals surface area contributed by atoms with Crippen LogP contribution in [0.3, 0.4) is 0 Å². The lowest BCUT2D eigenvalue weighted by molar-refractivity contribution is -0.113. The molecule has 1 amide bonds. The molecule has 0 fully saturated rings. The number of rotatable bonds is 6. The highest BCUT2D eigenvalue weighted by Crippen LogP contribution is 2.28. The van der Waals surface area contributed by atoms with Crippen molar-refractivity contribution in [3.63, 3.8) is 0 Å². The van der Waals surface area contributed by atoms with E-state index in [9.17, 15) is 4.79 Å². The molecule has 148 valence electrons. The number of aromatic nitrogens is 4. The van der Waals surface area contributed by atoms with E-state index < -0.39 is 0 Å². The zero-order chi connectivity index (χ0) is 20.4. The van der Waals surface area contributed by atoms with Crippen LogP contribution in [0.25, 0.3) is 16.7 Å². The minimum absolute atomic E-state index is 0.0637. The van der Waals surface area contributed by atoms with E-state index in [2.05, 4.69) is 27.3 Å². The van der Waals surface area contributed by atoms with Crippen LogP contribution in [0, 0.1) is 13.8 Å². The number of para-hydroxylation sites is 2. The number of benzene rings is 2. The van der Waals surface area contributed by atoms with Gasteiger partial charge >= 0.3 is 0 Å². The molecule has 4 rings (SSSR count). The molecule has 1 unspecified atom stereocenters. The molecule has 0 saturated heterocycles. The quantitative estimate of drug-likeness (QED) is 0.483. The molecule has 0 saturated carbocycles. The number of anilines is 1. The van der Waals surface area contributed by atoms with Gasteiger partial charge < -0.3 is 10.3 Å². The standard InChI is InChI=1S/C22H23N5OS/c1-14-8-10-17(11-9-14)27-20(12-15(2)26-27)25-21(28)13-29-16(3)22-23-18-6-4-5-7-19(18)24-22/h4-12,16H,13H2,1-3H3,(H,23,24)(H,25,28). The van der Waals surface area contributed by atoms with E-state index in [0.717, 1.165) is 28.2 Å². The van der Waals surface area contributed by atoms with Crippen LogP contribution in [-0.2, 0) is 4.79 Å². The number of thioether (sulfide) groups is 1. The van der Waals surface area contributed by atoms with Gasteiger partial charge in [0, 0.05) is 6.07 Å². The maximum atomic E-state index is 12.6. The minimum Gasteiger partial charge on any atom is -0.341 e. The minimum atomic E-state index is -0.0637. The molecule has 0 aliphatic heterocycles. The number of carbonyl (C=O) groups excluding carboxylic acids is 1. The summed E-state index contributed by atoms with van der Waals surface area (Å²) < 4.78 is 1.76. The summed E-state index contributed by atoms with van der Waals surface area (Å²) in [5.74, 6) is 1.82. The Morgan fingerprint density at radius 3 is 2.69 bits per heavy atom. The van der Waals surface area contributed by atoms with Crippen LogP contribution >= 0.6 is 11.8 Å². The van der Waals surface area contributed by atoms with Crippen molar-refractivity contribution in [2.75, 3.05) is 11.1 Å². The molecule has 0 spiro atoms. The van der Waals surface area contributed by atoms with E-state index in [1.165, 1.54) is 5.56 Å². The zero-order valence-corrected chi connectivity index (χ0v) is 17.5. The van der Waals surface area contributed by atoms with E-state index in [0.29, 0.717) is 11.6 Å². The van der Waals surface area contributed by atoms with Crippen molar-refractivity contribution >= 4 is 34.5 Å². The molecule has 1 atom stereocenters. The Hall–Kier alpha value is -3.06. The van der Waals surface area contributed by atoms with Gasteiger partial charge in [-0.1, -0.05) is 29.8 Å². The highest BCUT2D eigenvalue weighted by Gasteiger charge is 2.15. The van der Waals surface area contributed by atoms with Crippen LogP contribution in [0.4, 0.5) is 5.82 Å². The maximum Gasteiger partial charge on any atom is 0.235 e. The lowest BCUT2D eigenvalue weighted by atomic mass is 10.2. The van der Waals surface area contributed by atoms with Gasteiger partial charge in [-0.25, -0.2) is 9.67 Å². The highest BCUT2D eigenvalue weighted by atomic mass is 32.2. The van der Waals surface area contributed by atoms with Gasteiger partial charge in [0.05, 0.1) is 33.4 Å². The third-order valence-corrected chi connectivity index (χ3v) is 5.79. The summed E-state index contributed by atoms with van der Waals surface area (Å²) >= 11 is 1.55. The lowest BCUT2D eigenvalue weighted by Crippen LogP contribution is -2.17. The second kappa shape index (κ2) is 8.13. The first-order valence-electron chi connectivity index (χ1n) is 9.49. The molecule has 2 N–H and O–H groups in total. The van der Waals surface area contributed by atoms with E-state index in [1.54, 1.807) is 16.4 Å². The van der Waals surface area contributed by atoms with Crippen LogP contribution in [0.2, 0.25) is 0 Å². The summed E-state index contributed by atoms with van der Waals surface area (Å²) in [5, 5.41) is 7.58. The largest absolute Gasteiger partial charge is 0.341 e. The Morgan fingerprint density at radius 1 is 1.17 bits per heavy atom. The van der Waals surface area contributed by atoms with Crippen LogP contribution in [0.5, 0.6) is 0 Å². The molecule has 0 aliphatic rings. The van der Waals surface area contributed by atoms with Crippen LogP contribution < -0.4 is 5.32 Å². The van der Waals surface area contributed by atoms with E-state index in [-0.39, 0.29) is 11.2 Å². The van der Waals surface area contributed by atoms with E-state index in [1.807, 2.05) is 68.4 Å². The number of nitrogens with zero attached hydrogens (tertiary/aromatic N) is 3. The third kappa shape index (κ3) is 4.35. The average Bonchev–Trinajstić information content (AvgIpc) is 3.30. The molecule has 2 heterocycles. The van der Waals surface area contributed by atoms with Crippen LogP contribution in [-0.4, -0.2) is 31.4 Å². The number of carbonyl (C=O) groups is 1. The van der Waals surface area contributed by atoms with Gasteiger partial charge in [0.15, 0.2) is 0 Å². The predicted molar refractivity (Wildman–Crippen MR) is 119 cm³/mol. The number of hydrogen-bond donors (Lipinski definition) is 2. The zero-order valence-electron chi connectivity index (χ0n) is 16.6. The van der Waals surface area contributed by atoms with Crippen molar-refractivity contribution in [1.29, 1.82) is 0 Å². The summed E-state index contributed by atoms with van der Waals surface area (Å²) in [4.78, 5) is 20.5. The summed E-state index contributed by atoms with van der Waals surface area (Å²) in [6.45, 7) is 6.01. The lowest BCUT2D eigenvalue weighted by Gasteiger charge is -2.11. The fourth-order valence-electron chi connectivity index (χ4n) is 3.09. The van der Waals surface area contributed by atoms with Crippen molar-refractivity contribution in [3.05, 3.63) is 71.7 Å². The second-order valence-corrected chi connectivity index (χ2v) is 8.39. The number of fused-ring (bicyclic) bond motifs is 1. The number of hydrogen-bond acceptors (Lipinski definition) is 4. The van der Waals surface area contributed by atoms with Gasteiger partial charge in [0.2, 0.25) is 5.91 Å². The summed E-state index contributed by atoms with van der Waals surface area (Å²) in [6.07, 6.45) is 0. The molecule has 6 nitrogen and oxygen atoms in total. The Bertz CT molecular complexity index is 1110. The summed E-state index contributed by atoms with van der Waals surface area (Å²) in [6, 6.07) is 17.9. The van der Waals surface area contributed by atoms with Crippen molar-refractivity contribution in [3.8, 4) is 5.69 Å². The van der Waals surface area contributed by atoms with Gasteiger partial charge in [-0.2, -0.15) is 5.10 Å². The molecule has 0 bridgehead atoms. The Morgan fingerprint density at radius 2 is 1.93 bits per heavy atom. The third-order valence-electron chi connectivity index (χ3n) is 4.63. The molecule has 2 aromatic carbocycles. The molecule has 29 heavy (non-hydrogen) atoms. The van der Waals surface area contributed by atoms with E-state index >= 15 is 0 Å². The van der Waals surface area contributed by atoms with Crippen LogP contribution in [0.15, 0.2) is 54.6 Å². The molecule has 7 heteroatoms. The predicted octanol–water partition coefficient (Wildman–Crippen LogP) is 4.80. The molecule has 0 aliphatic carbocycles. The molecular formula is C22H23N5OS. The van der Waals surface area contributed by atoms with Crippen molar-refractivity contribution < 1.29 is 4.79 Å². The number of aryl methyl sites for hydroxylation is 2. The molecule has 0 radical (unpaired) electrons. The Kier molecular flexibility index (Phi) is 5.40. The number of nitrogens with one attached hydrogen (secondary N) is 2. The van der Waals surface area contributed by atoms with Gasteiger partial charge in [-0.15, -0.1) is 11.8 Å². The Balaban J connectivity index is 1.41. The molecule has 4 aromatic rings. The first-order valence-corrected chi connectivity index (χ1v) is 10.5. The fraction of sp³-hybridized carbons (Fsp3) is 0.227. The second-order valence-electron chi connectivity index (χ2n) is 7.06. The highest BCUT2D eigenvalue weighted by molar-refractivity contribution is 8.00. The first kappa shape index (κ1) is 19.3. The maximum absolute atomic E-state index is 12.6. The van der Waals surface area contributed by atoms with Crippen molar-refractivity contribution in [1.82, 2.24) is 19.7 Å². The smallest absolute Gasteiger partial charge is 0.235 e. The topological polar surface area (TPSA) is 75.6 Å². The monoisotopic (exact) mass is 405 g/mol. The number of imidazole rings is 1. The van der Waals surface area contributed by atoms with Gasteiger partial charge in [0.25, 0.3) is 0 Å². The normalized spacial score (nSPS) is 12.2. The van der Waals surface area contributed by atoms with Gasteiger partial charge in [-0.05, 0) is 45.0 Å². The Labute approximate surface area is 173 Å². The van der Waals surface area contributed by atoms with Gasteiger partial charge in [-0.3, -0.25) is 4.79 Å². The first-order chi connectivity index (χ1) is 14.0. The molecule has 2 aromatic heterocycles. The number of H-pyrrole nitrogens is 1. The van der Waals surface area contributed by atoms with Crippen molar-refractivity contribution in [2.24, 2.45) is 0 Å². The molecular weight excluding hydrogens is 382 g/mol. The number of aromatic amines is 1. The summed E-state index contributed by atoms with van der Waals surface area (Å²) in [7, 11) is 0. The fourth-order valence-corrected chi connectivity index (χ4v) is 3.84. The SMILES string of the molecule is Cc1ccc(-n2nc(C)cc2NC(=O)CSC(C)c2nc3ccccc3[nH]2)cc1. The number of amides is 1.